The molecule has 0 N–H and O–H groups in total. The van der Waals surface area contributed by atoms with E-state index >= 15 is 0 Å². The normalized spacial score (nSPS) is 12.1. The van der Waals surface area contributed by atoms with E-state index in [1.54, 1.807) is 6.07 Å². The number of hydrogen-bond donors (Lipinski definition) is 0. The van der Waals surface area contributed by atoms with Gasteiger partial charge in [0.1, 0.15) is 5.71 Å². The number of oxime groups is 1. The van der Waals surface area contributed by atoms with Crippen molar-refractivity contribution >= 4 is 28.8 Å². The van der Waals surface area contributed by atoms with Gasteiger partial charge in [-0.3, -0.25) is 9.59 Å². The molecule has 0 saturated heterocycles. The summed E-state index contributed by atoms with van der Waals surface area (Å²) in [5.74, 6) is -0.859. The van der Waals surface area contributed by atoms with Crippen molar-refractivity contribution in [3.05, 3.63) is 100 Å². The summed E-state index contributed by atoms with van der Waals surface area (Å²) < 4.78 is 0. The van der Waals surface area contributed by atoms with Crippen molar-refractivity contribution in [2.24, 2.45) is 5.16 Å². The number of allylic oxidation sites excluding steroid dienone is 1. The molecule has 1 aliphatic carbocycles. The molecule has 0 unspecified atom stereocenters. The standard InChI is InChI=1S/C30H27NO4/c1-5-9-27(31-35-19(4)32)30(34)22-13-15-24-23-14-12-21(29(33)20-10-7-6-8-11-20)16-25(23)28(18(2)3)26(24)17-22/h6-8,10-17H,5,9H2,1-4H3/b31-27-. The van der Waals surface area contributed by atoms with Crippen LogP contribution in [0.2, 0.25) is 0 Å². The highest BCUT2D eigenvalue weighted by molar-refractivity contribution is 6.46. The van der Waals surface area contributed by atoms with Gasteiger partial charge >= 0.3 is 5.97 Å². The SMILES string of the molecule is CCC/C(=N/OC(C)=O)C(=O)c1ccc2c(c1)C(=C(C)C)c1cc(C(=O)c3ccccc3)ccc1-2. The molecule has 0 aromatic heterocycles. The first-order chi connectivity index (χ1) is 16.8. The van der Waals surface area contributed by atoms with Crippen molar-refractivity contribution in [3.63, 3.8) is 0 Å². The van der Waals surface area contributed by atoms with Crippen LogP contribution in [0.5, 0.6) is 0 Å². The zero-order valence-corrected chi connectivity index (χ0v) is 20.3. The fourth-order valence-corrected chi connectivity index (χ4v) is 4.42. The largest absolute Gasteiger partial charge is 0.331 e. The molecule has 5 heteroatoms. The van der Waals surface area contributed by atoms with Crippen LogP contribution < -0.4 is 0 Å². The average molecular weight is 466 g/mol. The lowest BCUT2D eigenvalue weighted by Gasteiger charge is -2.09. The first-order valence-corrected chi connectivity index (χ1v) is 11.7. The Morgan fingerprint density at radius 2 is 1.34 bits per heavy atom. The zero-order valence-electron chi connectivity index (χ0n) is 20.3. The van der Waals surface area contributed by atoms with Gasteiger partial charge in [-0.05, 0) is 60.2 Å². The minimum Gasteiger partial charge on any atom is -0.318 e. The summed E-state index contributed by atoms with van der Waals surface area (Å²) in [4.78, 5) is 42.3. The van der Waals surface area contributed by atoms with E-state index in [1.165, 1.54) is 6.92 Å². The lowest BCUT2D eigenvalue weighted by atomic mass is 9.94. The number of carbonyl (C=O) groups is 3. The third-order valence-corrected chi connectivity index (χ3v) is 5.96. The predicted molar refractivity (Wildman–Crippen MR) is 138 cm³/mol. The summed E-state index contributed by atoms with van der Waals surface area (Å²) in [6.07, 6.45) is 1.10. The number of ketones is 2. The molecule has 0 bridgehead atoms. The number of nitrogens with zero attached hydrogens (tertiary/aromatic N) is 1. The predicted octanol–water partition coefficient (Wildman–Crippen LogP) is 6.64. The Morgan fingerprint density at radius 3 is 1.91 bits per heavy atom. The maximum absolute atomic E-state index is 13.2. The first kappa shape index (κ1) is 24.0. The lowest BCUT2D eigenvalue weighted by Crippen LogP contribution is -2.15. The van der Waals surface area contributed by atoms with Crippen LogP contribution in [0.15, 0.2) is 77.5 Å². The van der Waals surface area contributed by atoms with Crippen molar-refractivity contribution in [3.8, 4) is 11.1 Å². The molecular formula is C30H27NO4. The highest BCUT2D eigenvalue weighted by atomic mass is 16.7. The second-order valence-electron chi connectivity index (χ2n) is 8.79. The molecule has 3 aromatic carbocycles. The van der Waals surface area contributed by atoms with Gasteiger partial charge in [0.05, 0.1) is 0 Å². The highest BCUT2D eigenvalue weighted by Gasteiger charge is 2.27. The molecule has 4 rings (SSSR count). The molecule has 0 spiro atoms. The Labute approximate surface area is 205 Å². The van der Waals surface area contributed by atoms with Crippen LogP contribution in [0.1, 0.15) is 77.9 Å². The van der Waals surface area contributed by atoms with Crippen molar-refractivity contribution in [1.82, 2.24) is 0 Å². The molecule has 3 aromatic rings. The van der Waals surface area contributed by atoms with Crippen LogP contribution in [0.25, 0.3) is 16.7 Å². The van der Waals surface area contributed by atoms with Gasteiger partial charge < -0.3 is 4.84 Å². The van der Waals surface area contributed by atoms with Crippen molar-refractivity contribution in [2.75, 3.05) is 0 Å². The van der Waals surface area contributed by atoms with Gasteiger partial charge in [-0.2, -0.15) is 0 Å². The third-order valence-electron chi connectivity index (χ3n) is 5.96. The van der Waals surface area contributed by atoms with Gasteiger partial charge in [0, 0.05) is 23.6 Å². The van der Waals surface area contributed by atoms with E-state index in [2.05, 4.69) is 5.16 Å². The summed E-state index contributed by atoms with van der Waals surface area (Å²) in [6, 6.07) is 20.6. The third kappa shape index (κ3) is 4.76. The van der Waals surface area contributed by atoms with Gasteiger partial charge in [-0.25, -0.2) is 4.79 Å². The monoisotopic (exact) mass is 465 g/mol. The van der Waals surface area contributed by atoms with E-state index in [9.17, 15) is 14.4 Å². The molecular weight excluding hydrogens is 438 g/mol. The Kier molecular flexibility index (Phi) is 6.87. The molecule has 0 radical (unpaired) electrons. The maximum atomic E-state index is 13.2. The number of Topliss-reactive ketones (excluding diaryl/α,β-unsaturated/α-hetero) is 1. The molecule has 0 saturated carbocycles. The average Bonchev–Trinajstić information content (AvgIpc) is 3.19. The summed E-state index contributed by atoms with van der Waals surface area (Å²) in [5, 5.41) is 3.80. The Morgan fingerprint density at radius 1 is 0.743 bits per heavy atom. The number of benzene rings is 3. The van der Waals surface area contributed by atoms with Crippen LogP contribution in [0.3, 0.4) is 0 Å². The van der Waals surface area contributed by atoms with Gasteiger partial charge in [0.2, 0.25) is 5.78 Å². The molecule has 0 amide bonds. The fourth-order valence-electron chi connectivity index (χ4n) is 4.42. The van der Waals surface area contributed by atoms with Crippen LogP contribution in [0, 0.1) is 0 Å². The number of carbonyl (C=O) groups excluding carboxylic acids is 3. The molecule has 0 aliphatic heterocycles. The first-order valence-electron chi connectivity index (χ1n) is 11.7. The summed E-state index contributed by atoms with van der Waals surface area (Å²) in [7, 11) is 0. The molecule has 0 fully saturated rings. The quantitative estimate of drug-likeness (QED) is 0.133. The van der Waals surface area contributed by atoms with E-state index in [0.29, 0.717) is 29.5 Å². The zero-order chi connectivity index (χ0) is 25.1. The minimum absolute atomic E-state index is 0.0285. The van der Waals surface area contributed by atoms with Crippen molar-refractivity contribution in [2.45, 2.75) is 40.5 Å². The molecule has 0 atom stereocenters. The Hall–Kier alpha value is -4.12. The van der Waals surface area contributed by atoms with Crippen molar-refractivity contribution < 1.29 is 19.2 Å². The van der Waals surface area contributed by atoms with E-state index in [0.717, 1.165) is 33.4 Å². The minimum atomic E-state index is -0.566. The van der Waals surface area contributed by atoms with Gasteiger partial charge in [0.25, 0.3) is 0 Å². The number of fused-ring (bicyclic) bond motifs is 3. The van der Waals surface area contributed by atoms with E-state index in [4.69, 9.17) is 4.84 Å². The van der Waals surface area contributed by atoms with Crippen LogP contribution in [0.4, 0.5) is 0 Å². The molecule has 176 valence electrons. The maximum Gasteiger partial charge on any atom is 0.331 e. The number of hydrogen-bond acceptors (Lipinski definition) is 5. The second kappa shape index (κ2) is 10.0. The van der Waals surface area contributed by atoms with Gasteiger partial charge in [0.15, 0.2) is 5.78 Å². The topological polar surface area (TPSA) is 72.8 Å². The summed E-state index contributed by atoms with van der Waals surface area (Å²) in [5.41, 5.74) is 8.03. The molecule has 1 aliphatic rings. The van der Waals surface area contributed by atoms with E-state index in [-0.39, 0.29) is 17.3 Å². The second-order valence-corrected chi connectivity index (χ2v) is 8.79. The molecule has 0 heterocycles. The Bertz CT molecular complexity index is 1390. The highest BCUT2D eigenvalue weighted by Crippen LogP contribution is 2.46. The van der Waals surface area contributed by atoms with Gasteiger partial charge in [-0.1, -0.05) is 78.7 Å². The Balaban J connectivity index is 1.76. The summed E-state index contributed by atoms with van der Waals surface area (Å²) in [6.45, 7) is 7.24. The van der Waals surface area contributed by atoms with Crippen LogP contribution >= 0.6 is 0 Å². The smallest absolute Gasteiger partial charge is 0.318 e. The van der Waals surface area contributed by atoms with Crippen LogP contribution in [-0.2, 0) is 9.63 Å². The van der Waals surface area contributed by atoms with Crippen LogP contribution in [-0.4, -0.2) is 23.2 Å². The van der Waals surface area contributed by atoms with Crippen molar-refractivity contribution in [1.29, 1.82) is 0 Å². The fraction of sp³-hybridized carbons (Fsp3) is 0.200. The number of rotatable bonds is 7. The van der Waals surface area contributed by atoms with E-state index in [1.807, 2.05) is 81.4 Å². The van der Waals surface area contributed by atoms with Gasteiger partial charge in [-0.15, -0.1) is 0 Å². The molecule has 35 heavy (non-hydrogen) atoms. The van der Waals surface area contributed by atoms with E-state index < -0.39 is 5.97 Å². The lowest BCUT2D eigenvalue weighted by molar-refractivity contribution is -0.140. The molecule has 5 nitrogen and oxygen atoms in total. The summed E-state index contributed by atoms with van der Waals surface area (Å²) >= 11 is 0.